The van der Waals surface area contributed by atoms with E-state index >= 15 is 0 Å². The van der Waals surface area contributed by atoms with Crippen molar-refractivity contribution in [1.29, 1.82) is 0 Å². The summed E-state index contributed by atoms with van der Waals surface area (Å²) in [7, 11) is 1.12. The number of alkyl halides is 3. The second kappa shape index (κ2) is 12.0. The molecule has 1 atom stereocenters. The van der Waals surface area contributed by atoms with Gasteiger partial charge in [-0.05, 0) is 25.3 Å². The number of likely N-dealkylation sites (N-methyl/N-ethyl adjacent to an activating group) is 1. The van der Waals surface area contributed by atoms with Crippen LogP contribution in [0.2, 0.25) is 0 Å². The number of carbonyl (C=O) groups excluding carboxylic acids is 1. The van der Waals surface area contributed by atoms with Gasteiger partial charge in [0.15, 0.2) is 5.96 Å². The predicted octanol–water partition coefficient (Wildman–Crippen LogP) is 3.29. The summed E-state index contributed by atoms with van der Waals surface area (Å²) in [5.74, 6) is -0.0746. The first kappa shape index (κ1) is 25.5. The highest BCUT2D eigenvalue weighted by atomic mass is 127. The summed E-state index contributed by atoms with van der Waals surface area (Å²) >= 11 is 0. The monoisotopic (exact) mass is 500 g/mol. The Morgan fingerprint density at radius 3 is 2.33 bits per heavy atom. The Hall–Kier alpha value is -1.52. The van der Waals surface area contributed by atoms with Gasteiger partial charge in [-0.1, -0.05) is 36.8 Å². The van der Waals surface area contributed by atoms with Gasteiger partial charge in [0.05, 0.1) is 0 Å². The molecule has 2 N–H and O–H groups in total. The molecule has 0 aromatic heterocycles. The van der Waals surface area contributed by atoms with Crippen LogP contribution in [0.4, 0.5) is 13.2 Å². The van der Waals surface area contributed by atoms with Crippen molar-refractivity contribution in [1.82, 2.24) is 15.5 Å². The summed E-state index contributed by atoms with van der Waals surface area (Å²) in [6.45, 7) is 5.49. The van der Waals surface area contributed by atoms with Crippen LogP contribution in [-0.4, -0.2) is 56.2 Å². The van der Waals surface area contributed by atoms with Gasteiger partial charge < -0.3 is 15.5 Å². The Morgan fingerprint density at radius 2 is 1.81 bits per heavy atom. The number of nitrogens with one attached hydrogen (secondary N) is 2. The number of carbonyl (C=O) groups is 1. The van der Waals surface area contributed by atoms with E-state index in [4.69, 9.17) is 0 Å². The van der Waals surface area contributed by atoms with Gasteiger partial charge in [-0.15, -0.1) is 24.0 Å². The summed E-state index contributed by atoms with van der Waals surface area (Å²) < 4.78 is 37.0. The molecular weight excluding hydrogens is 472 g/mol. The van der Waals surface area contributed by atoms with E-state index in [9.17, 15) is 18.0 Å². The van der Waals surface area contributed by atoms with Crippen molar-refractivity contribution in [2.45, 2.75) is 32.9 Å². The lowest BCUT2D eigenvalue weighted by Crippen LogP contribution is -2.41. The average Bonchev–Trinajstić information content (AvgIpc) is 2.55. The lowest BCUT2D eigenvalue weighted by atomic mass is 10.0. The molecule has 0 bridgehead atoms. The topological polar surface area (TPSA) is 56.7 Å². The van der Waals surface area contributed by atoms with Crippen LogP contribution in [0.3, 0.4) is 0 Å². The smallest absolute Gasteiger partial charge is 0.357 e. The van der Waals surface area contributed by atoms with Crippen LogP contribution >= 0.6 is 24.0 Å². The first-order chi connectivity index (χ1) is 12.1. The van der Waals surface area contributed by atoms with Crippen LogP contribution in [0.25, 0.3) is 0 Å². The summed E-state index contributed by atoms with van der Waals surface area (Å²) in [6.07, 6.45) is -4.42. The molecule has 9 heteroatoms. The highest BCUT2D eigenvalue weighted by Gasteiger charge is 2.31. The molecule has 1 aromatic rings. The van der Waals surface area contributed by atoms with Gasteiger partial charge in [-0.2, -0.15) is 13.2 Å². The van der Waals surface area contributed by atoms with Crippen LogP contribution in [0.15, 0.2) is 29.3 Å². The van der Waals surface area contributed by atoms with Gasteiger partial charge in [0.2, 0.25) is 5.91 Å². The third kappa shape index (κ3) is 10.4. The van der Waals surface area contributed by atoms with Crippen molar-refractivity contribution < 1.29 is 18.0 Å². The molecule has 0 aliphatic rings. The normalized spacial score (nSPS) is 12.8. The first-order valence-electron chi connectivity index (χ1n) is 8.51. The van der Waals surface area contributed by atoms with Crippen molar-refractivity contribution in [3.8, 4) is 0 Å². The molecule has 0 aliphatic carbocycles. The second-order valence-corrected chi connectivity index (χ2v) is 6.25. The van der Waals surface area contributed by atoms with E-state index < -0.39 is 18.6 Å². The van der Waals surface area contributed by atoms with Gasteiger partial charge in [0.1, 0.15) is 13.1 Å². The third-order valence-corrected chi connectivity index (χ3v) is 3.78. The zero-order valence-corrected chi connectivity index (χ0v) is 18.4. The summed E-state index contributed by atoms with van der Waals surface area (Å²) in [5, 5.41) is 6.11. The van der Waals surface area contributed by atoms with E-state index in [1.54, 1.807) is 0 Å². The molecule has 1 unspecified atom stereocenters. The number of amides is 1. The fourth-order valence-corrected chi connectivity index (χ4v) is 2.23. The molecule has 0 heterocycles. The molecule has 0 spiro atoms. The van der Waals surface area contributed by atoms with Crippen LogP contribution in [0.1, 0.15) is 30.9 Å². The second-order valence-electron chi connectivity index (χ2n) is 6.25. The molecule has 154 valence electrons. The molecule has 0 saturated carbocycles. The maximum atomic E-state index is 12.3. The Bertz CT molecular complexity index is 606. The van der Waals surface area contributed by atoms with E-state index in [2.05, 4.69) is 34.7 Å². The van der Waals surface area contributed by atoms with E-state index in [-0.39, 0.29) is 36.4 Å². The Balaban J connectivity index is 0.00000676. The summed E-state index contributed by atoms with van der Waals surface area (Å²) in [6, 6.07) is 8.20. The predicted molar refractivity (Wildman–Crippen MR) is 113 cm³/mol. The fraction of sp³-hybridized carbons (Fsp3) is 0.556. The largest absolute Gasteiger partial charge is 0.406 e. The fourth-order valence-electron chi connectivity index (χ4n) is 2.23. The zero-order chi connectivity index (χ0) is 19.7. The van der Waals surface area contributed by atoms with Crippen molar-refractivity contribution in [2.75, 3.05) is 33.2 Å². The van der Waals surface area contributed by atoms with Crippen LogP contribution in [-0.2, 0) is 4.79 Å². The first-order valence-corrected chi connectivity index (χ1v) is 8.51. The van der Waals surface area contributed by atoms with E-state index in [0.29, 0.717) is 23.9 Å². The number of rotatable bonds is 7. The average molecular weight is 500 g/mol. The number of hydrogen-bond acceptors (Lipinski definition) is 2. The number of halogens is 4. The van der Waals surface area contributed by atoms with Gasteiger partial charge in [-0.3, -0.25) is 4.79 Å². The van der Waals surface area contributed by atoms with E-state index in [0.717, 1.165) is 7.05 Å². The zero-order valence-electron chi connectivity index (χ0n) is 16.1. The molecule has 0 saturated heterocycles. The number of benzene rings is 1. The Kier molecular flexibility index (Phi) is 11.4. The quantitative estimate of drug-likeness (QED) is 0.344. The van der Waals surface area contributed by atoms with Gasteiger partial charge in [-0.25, -0.2) is 4.99 Å². The van der Waals surface area contributed by atoms with Gasteiger partial charge in [0.25, 0.3) is 0 Å². The number of aryl methyl sites for hydroxylation is 1. The molecule has 1 aromatic carbocycles. The van der Waals surface area contributed by atoms with Crippen molar-refractivity contribution in [3.63, 3.8) is 0 Å². The molecule has 1 rings (SSSR count). The van der Waals surface area contributed by atoms with Crippen molar-refractivity contribution >= 4 is 35.8 Å². The summed E-state index contributed by atoms with van der Waals surface area (Å²) in [4.78, 5) is 16.5. The lowest BCUT2D eigenvalue weighted by molar-refractivity contribution is -0.157. The van der Waals surface area contributed by atoms with Crippen LogP contribution in [0, 0.1) is 6.92 Å². The number of guanidine groups is 1. The highest BCUT2D eigenvalue weighted by molar-refractivity contribution is 14.0. The maximum absolute atomic E-state index is 12.3. The molecule has 0 aliphatic heterocycles. The minimum absolute atomic E-state index is 0. The number of nitrogens with zero attached hydrogens (tertiary/aromatic N) is 2. The van der Waals surface area contributed by atoms with Gasteiger partial charge >= 0.3 is 6.18 Å². The van der Waals surface area contributed by atoms with Crippen LogP contribution < -0.4 is 10.6 Å². The van der Waals surface area contributed by atoms with Gasteiger partial charge in [0, 0.05) is 20.1 Å². The molecule has 5 nitrogen and oxygen atoms in total. The van der Waals surface area contributed by atoms with E-state index in [1.165, 1.54) is 11.1 Å². The SMILES string of the molecule is CCNC(=NCC(=O)N(C)CC(F)(F)F)NCC(C)c1ccc(C)cc1.I. The number of hydrogen-bond donors (Lipinski definition) is 2. The Morgan fingerprint density at radius 1 is 1.22 bits per heavy atom. The summed E-state index contributed by atoms with van der Waals surface area (Å²) in [5.41, 5.74) is 2.35. The molecule has 27 heavy (non-hydrogen) atoms. The van der Waals surface area contributed by atoms with Crippen LogP contribution in [0.5, 0.6) is 0 Å². The van der Waals surface area contributed by atoms with Crippen molar-refractivity contribution in [3.05, 3.63) is 35.4 Å². The standard InChI is InChI=1S/C18H27F3N4O.HI/c1-5-22-17(24-11-16(26)25(4)12-18(19,20)21)23-10-14(3)15-8-6-13(2)7-9-15;/h6-9,14H,5,10-12H2,1-4H3,(H2,22,23,24);1H. The molecular formula is C18H28F3IN4O. The number of aliphatic imine (C=N–C) groups is 1. The maximum Gasteiger partial charge on any atom is 0.406 e. The Labute approximate surface area is 175 Å². The van der Waals surface area contributed by atoms with Crippen molar-refractivity contribution in [2.24, 2.45) is 4.99 Å². The molecule has 0 fully saturated rings. The minimum Gasteiger partial charge on any atom is -0.357 e. The molecule has 1 amide bonds. The van der Waals surface area contributed by atoms with E-state index in [1.807, 2.05) is 26.0 Å². The lowest BCUT2D eigenvalue weighted by Gasteiger charge is -2.19. The third-order valence-electron chi connectivity index (χ3n) is 3.78. The highest BCUT2D eigenvalue weighted by Crippen LogP contribution is 2.16. The minimum atomic E-state index is -4.42. The molecule has 0 radical (unpaired) electrons.